The van der Waals surface area contributed by atoms with Crippen molar-refractivity contribution in [3.8, 4) is 0 Å². The lowest BCUT2D eigenvalue weighted by atomic mass is 10.4. The summed E-state index contributed by atoms with van der Waals surface area (Å²) in [7, 11) is 1.55. The van der Waals surface area contributed by atoms with Gasteiger partial charge in [0.05, 0.1) is 12.3 Å². The Balaban J connectivity index is 3.06. The zero-order chi connectivity index (χ0) is 10.7. The number of ether oxygens (including phenoxy) is 1. The van der Waals surface area contributed by atoms with E-state index in [0.29, 0.717) is 12.3 Å². The predicted octanol–water partition coefficient (Wildman–Crippen LogP) is 1.31. The number of carboxylic acid groups (broad SMARTS) is 1. The number of aromatic carboxylic acids is 1. The van der Waals surface area contributed by atoms with Crippen molar-refractivity contribution in [2.24, 2.45) is 0 Å². The summed E-state index contributed by atoms with van der Waals surface area (Å²) in [6.45, 7) is 4.15. The maximum absolute atomic E-state index is 10.8. The largest absolute Gasteiger partial charge is 0.475 e. The summed E-state index contributed by atoms with van der Waals surface area (Å²) >= 11 is 0. The maximum Gasteiger partial charge on any atom is 0.372 e. The second-order valence-corrected chi connectivity index (χ2v) is 3.30. The number of hydrogen-bond donors (Lipinski definition) is 1. The van der Waals surface area contributed by atoms with Crippen LogP contribution in [0.5, 0.6) is 0 Å². The van der Waals surface area contributed by atoms with Crippen LogP contribution in [-0.2, 0) is 11.3 Å². The van der Waals surface area contributed by atoms with E-state index < -0.39 is 5.97 Å². The number of carboxylic acids is 1. The van der Waals surface area contributed by atoms with Gasteiger partial charge in [-0.1, -0.05) is 0 Å². The van der Waals surface area contributed by atoms with Gasteiger partial charge in [0.2, 0.25) is 5.82 Å². The summed E-state index contributed by atoms with van der Waals surface area (Å²) in [6, 6.07) is 0.0826. The highest BCUT2D eigenvalue weighted by molar-refractivity contribution is 5.83. The van der Waals surface area contributed by atoms with E-state index in [0.717, 1.165) is 0 Å². The second-order valence-electron chi connectivity index (χ2n) is 3.30. The molecule has 5 nitrogen and oxygen atoms in total. The molecule has 14 heavy (non-hydrogen) atoms. The Morgan fingerprint density at radius 2 is 2.36 bits per heavy atom. The number of aromatic nitrogens is 2. The molecule has 0 aromatic carbocycles. The molecular weight excluding hydrogens is 184 g/mol. The molecule has 0 aliphatic heterocycles. The Kier molecular flexibility index (Phi) is 3.24. The van der Waals surface area contributed by atoms with Gasteiger partial charge in [0.25, 0.3) is 0 Å². The quantitative estimate of drug-likeness (QED) is 0.792. The number of nitrogens with zero attached hydrogens (tertiary/aromatic N) is 2. The molecule has 0 aliphatic rings. The molecule has 0 radical (unpaired) electrons. The minimum Gasteiger partial charge on any atom is -0.475 e. The highest BCUT2D eigenvalue weighted by Gasteiger charge is 2.15. The summed E-state index contributed by atoms with van der Waals surface area (Å²) in [5.41, 5.74) is 0.638. The minimum absolute atomic E-state index is 0.0621. The van der Waals surface area contributed by atoms with Crippen molar-refractivity contribution in [1.82, 2.24) is 9.55 Å². The van der Waals surface area contributed by atoms with Crippen molar-refractivity contribution in [2.45, 2.75) is 26.5 Å². The van der Waals surface area contributed by atoms with Crippen LogP contribution in [0.2, 0.25) is 0 Å². The van der Waals surface area contributed by atoms with Crippen LogP contribution < -0.4 is 0 Å². The molecule has 0 saturated carbocycles. The van der Waals surface area contributed by atoms with Crippen LogP contribution in [0.4, 0.5) is 0 Å². The van der Waals surface area contributed by atoms with E-state index in [9.17, 15) is 4.79 Å². The highest BCUT2D eigenvalue weighted by Crippen LogP contribution is 2.11. The molecule has 1 aromatic heterocycles. The average Bonchev–Trinajstić information content (AvgIpc) is 2.49. The van der Waals surface area contributed by atoms with Gasteiger partial charge in [-0.2, -0.15) is 0 Å². The monoisotopic (exact) mass is 198 g/mol. The lowest BCUT2D eigenvalue weighted by molar-refractivity contribution is 0.0676. The van der Waals surface area contributed by atoms with E-state index in [1.54, 1.807) is 17.9 Å². The summed E-state index contributed by atoms with van der Waals surface area (Å²) in [4.78, 5) is 14.8. The minimum atomic E-state index is -1.01. The number of carbonyl (C=O) groups is 1. The van der Waals surface area contributed by atoms with Gasteiger partial charge in [-0.3, -0.25) is 0 Å². The summed E-state index contributed by atoms with van der Waals surface area (Å²) in [5.74, 6) is -0.951. The maximum atomic E-state index is 10.8. The van der Waals surface area contributed by atoms with Crippen LogP contribution in [0, 0.1) is 0 Å². The third kappa shape index (κ3) is 2.11. The van der Waals surface area contributed by atoms with Crippen molar-refractivity contribution in [3.63, 3.8) is 0 Å². The molecule has 5 heteroatoms. The molecule has 0 atom stereocenters. The average molecular weight is 198 g/mol. The number of methoxy groups -OCH3 is 1. The van der Waals surface area contributed by atoms with E-state index in [2.05, 4.69) is 4.98 Å². The van der Waals surface area contributed by atoms with Gasteiger partial charge < -0.3 is 14.4 Å². The van der Waals surface area contributed by atoms with E-state index in [4.69, 9.17) is 9.84 Å². The number of hydrogen-bond acceptors (Lipinski definition) is 3. The lowest BCUT2D eigenvalue weighted by Crippen LogP contribution is -2.10. The fourth-order valence-electron chi connectivity index (χ4n) is 1.21. The molecule has 1 rings (SSSR count). The number of imidazole rings is 1. The van der Waals surface area contributed by atoms with Gasteiger partial charge in [0, 0.05) is 19.3 Å². The van der Waals surface area contributed by atoms with Crippen molar-refractivity contribution in [2.75, 3.05) is 7.11 Å². The van der Waals surface area contributed by atoms with Crippen molar-refractivity contribution >= 4 is 5.97 Å². The van der Waals surface area contributed by atoms with E-state index in [1.165, 1.54) is 0 Å². The van der Waals surface area contributed by atoms with Crippen LogP contribution >= 0.6 is 0 Å². The van der Waals surface area contributed by atoms with Crippen LogP contribution in [0.25, 0.3) is 0 Å². The summed E-state index contributed by atoms with van der Waals surface area (Å²) in [6.07, 6.45) is 1.71. The second kappa shape index (κ2) is 4.23. The standard InChI is InChI=1S/C9H14N2O3/c1-6(2)11-4-7(5-14-3)10-8(11)9(12)13/h4,6H,5H2,1-3H3,(H,12,13). The molecule has 0 unspecified atom stereocenters. The van der Waals surface area contributed by atoms with E-state index in [-0.39, 0.29) is 11.9 Å². The first-order valence-electron chi connectivity index (χ1n) is 4.36. The Labute approximate surface area is 82.3 Å². The fourth-order valence-corrected chi connectivity index (χ4v) is 1.21. The SMILES string of the molecule is COCc1cn(C(C)C)c(C(=O)O)n1. The van der Waals surface area contributed by atoms with Crippen molar-refractivity contribution in [1.29, 1.82) is 0 Å². The molecule has 0 saturated heterocycles. The third-order valence-electron chi connectivity index (χ3n) is 1.82. The Hall–Kier alpha value is -1.36. The van der Waals surface area contributed by atoms with Crippen LogP contribution in [0.1, 0.15) is 36.2 Å². The molecule has 0 amide bonds. The number of rotatable bonds is 4. The first-order chi connectivity index (χ1) is 6.56. The van der Waals surface area contributed by atoms with Crippen LogP contribution in [0.3, 0.4) is 0 Å². The third-order valence-corrected chi connectivity index (χ3v) is 1.82. The first kappa shape index (κ1) is 10.7. The zero-order valence-electron chi connectivity index (χ0n) is 8.52. The van der Waals surface area contributed by atoms with Gasteiger partial charge in [-0.15, -0.1) is 0 Å². The zero-order valence-corrected chi connectivity index (χ0v) is 8.52. The predicted molar refractivity (Wildman–Crippen MR) is 50.3 cm³/mol. The molecule has 0 bridgehead atoms. The summed E-state index contributed by atoms with van der Waals surface area (Å²) in [5, 5.41) is 8.87. The topological polar surface area (TPSA) is 64.3 Å². The van der Waals surface area contributed by atoms with Gasteiger partial charge in [0.1, 0.15) is 0 Å². The van der Waals surface area contributed by atoms with Gasteiger partial charge >= 0.3 is 5.97 Å². The van der Waals surface area contributed by atoms with Crippen molar-refractivity contribution < 1.29 is 14.6 Å². The lowest BCUT2D eigenvalue weighted by Gasteiger charge is -2.07. The molecular formula is C9H14N2O3. The molecule has 0 aliphatic carbocycles. The van der Waals surface area contributed by atoms with Crippen molar-refractivity contribution in [3.05, 3.63) is 17.7 Å². The molecule has 0 spiro atoms. The van der Waals surface area contributed by atoms with E-state index >= 15 is 0 Å². The normalized spacial score (nSPS) is 10.9. The van der Waals surface area contributed by atoms with Gasteiger partial charge in [-0.05, 0) is 13.8 Å². The Morgan fingerprint density at radius 3 is 2.71 bits per heavy atom. The molecule has 1 aromatic rings. The highest BCUT2D eigenvalue weighted by atomic mass is 16.5. The summed E-state index contributed by atoms with van der Waals surface area (Å²) < 4.78 is 6.51. The smallest absolute Gasteiger partial charge is 0.372 e. The molecule has 1 heterocycles. The van der Waals surface area contributed by atoms with Crippen LogP contribution in [0.15, 0.2) is 6.20 Å². The molecule has 78 valence electrons. The molecule has 0 fully saturated rings. The van der Waals surface area contributed by atoms with Crippen LogP contribution in [-0.4, -0.2) is 27.7 Å². The molecule has 1 N–H and O–H groups in total. The Bertz CT molecular complexity index is 331. The van der Waals surface area contributed by atoms with Gasteiger partial charge in [-0.25, -0.2) is 9.78 Å². The first-order valence-corrected chi connectivity index (χ1v) is 4.36. The fraction of sp³-hybridized carbons (Fsp3) is 0.556. The van der Waals surface area contributed by atoms with E-state index in [1.807, 2.05) is 13.8 Å². The Morgan fingerprint density at radius 1 is 1.71 bits per heavy atom. The van der Waals surface area contributed by atoms with Gasteiger partial charge in [0.15, 0.2) is 0 Å².